The van der Waals surface area contributed by atoms with E-state index in [1.807, 2.05) is 13.0 Å². The first-order valence-corrected chi connectivity index (χ1v) is 7.57. The Bertz CT molecular complexity index is 693. The number of methoxy groups -OCH3 is 1. The molecule has 2 aromatic rings. The second-order valence-corrected chi connectivity index (χ2v) is 6.04. The summed E-state index contributed by atoms with van der Waals surface area (Å²) >= 11 is 1.45. The van der Waals surface area contributed by atoms with E-state index in [1.165, 1.54) is 30.6 Å². The lowest BCUT2D eigenvalue weighted by Crippen LogP contribution is -2.25. The summed E-state index contributed by atoms with van der Waals surface area (Å²) in [5.74, 6) is -0.577. The maximum Gasteiger partial charge on any atom is 0.335 e. The summed E-state index contributed by atoms with van der Waals surface area (Å²) in [7, 11) is 1.50. The highest BCUT2D eigenvalue weighted by atomic mass is 32.1. The van der Waals surface area contributed by atoms with Crippen LogP contribution >= 0.6 is 11.3 Å². The number of carboxylic acid groups (broad SMARTS) is 1. The Balaban J connectivity index is 1.96. The van der Waals surface area contributed by atoms with Gasteiger partial charge in [0.1, 0.15) is 5.75 Å². The second kappa shape index (κ2) is 7.09. The summed E-state index contributed by atoms with van der Waals surface area (Å²) in [6.45, 7) is 2.41. The smallest absolute Gasteiger partial charge is 0.335 e. The van der Waals surface area contributed by atoms with Crippen LogP contribution < -0.4 is 10.1 Å². The van der Waals surface area contributed by atoms with Gasteiger partial charge in [-0.25, -0.2) is 4.79 Å². The Morgan fingerprint density at radius 3 is 2.64 bits per heavy atom. The second-order valence-electron chi connectivity index (χ2n) is 4.75. The molecule has 0 radical (unpaired) electrons. The number of benzene rings is 1. The number of ether oxygens (including phenoxy) is 1. The zero-order chi connectivity index (χ0) is 16.1. The van der Waals surface area contributed by atoms with Crippen molar-refractivity contribution in [3.63, 3.8) is 0 Å². The lowest BCUT2D eigenvalue weighted by Gasteiger charge is -2.10. The van der Waals surface area contributed by atoms with Gasteiger partial charge in [-0.15, -0.1) is 11.3 Å². The number of hydrogen-bond donors (Lipinski definition) is 2. The fourth-order valence-corrected chi connectivity index (χ4v) is 2.82. The summed E-state index contributed by atoms with van der Waals surface area (Å²) in [5.41, 5.74) is 1.04. The molecule has 0 saturated heterocycles. The van der Waals surface area contributed by atoms with Crippen LogP contribution in [-0.4, -0.2) is 30.6 Å². The van der Waals surface area contributed by atoms with E-state index in [-0.39, 0.29) is 11.5 Å². The number of carbonyl (C=O) groups is 2. The predicted octanol–water partition coefficient (Wildman–Crippen LogP) is 2.74. The van der Waals surface area contributed by atoms with Crippen LogP contribution in [0.3, 0.4) is 0 Å². The van der Waals surface area contributed by atoms with Gasteiger partial charge in [0.05, 0.1) is 17.6 Å². The third kappa shape index (κ3) is 3.85. The third-order valence-electron chi connectivity index (χ3n) is 3.18. The molecule has 1 heterocycles. The Morgan fingerprint density at radius 2 is 2.05 bits per heavy atom. The summed E-state index contributed by atoms with van der Waals surface area (Å²) in [4.78, 5) is 24.6. The van der Waals surface area contributed by atoms with Gasteiger partial charge in [0.2, 0.25) is 0 Å². The van der Waals surface area contributed by atoms with Crippen LogP contribution in [0.5, 0.6) is 5.75 Å². The molecule has 116 valence electrons. The third-order valence-corrected chi connectivity index (χ3v) is 4.18. The lowest BCUT2D eigenvalue weighted by molar-refractivity contribution is 0.0696. The van der Waals surface area contributed by atoms with Crippen LogP contribution in [0.4, 0.5) is 0 Å². The van der Waals surface area contributed by atoms with Gasteiger partial charge in [-0.2, -0.15) is 0 Å². The number of carbonyl (C=O) groups excluding carboxylic acids is 1. The normalized spacial score (nSPS) is 10.3. The van der Waals surface area contributed by atoms with Crippen LogP contribution in [0, 0.1) is 6.92 Å². The molecule has 0 unspecified atom stereocenters. The van der Waals surface area contributed by atoms with E-state index in [9.17, 15) is 9.59 Å². The number of aromatic carboxylic acids is 1. The molecule has 2 N–H and O–H groups in total. The molecule has 0 fully saturated rings. The van der Waals surface area contributed by atoms with Crippen molar-refractivity contribution in [3.05, 3.63) is 51.2 Å². The van der Waals surface area contributed by atoms with Gasteiger partial charge in [-0.3, -0.25) is 4.79 Å². The first-order valence-electron chi connectivity index (χ1n) is 6.76. The molecule has 0 aliphatic carbocycles. The molecule has 1 aromatic carbocycles. The van der Waals surface area contributed by atoms with Gasteiger partial charge >= 0.3 is 5.97 Å². The minimum Gasteiger partial charge on any atom is -0.496 e. The van der Waals surface area contributed by atoms with E-state index in [0.29, 0.717) is 23.6 Å². The molecule has 6 heteroatoms. The highest BCUT2D eigenvalue weighted by Gasteiger charge is 2.10. The number of hydrogen-bond acceptors (Lipinski definition) is 4. The molecule has 0 bridgehead atoms. The van der Waals surface area contributed by atoms with Gasteiger partial charge in [0.15, 0.2) is 0 Å². The maximum atomic E-state index is 11.9. The number of aryl methyl sites for hydroxylation is 1. The summed E-state index contributed by atoms with van der Waals surface area (Å²) in [6, 6.07) is 8.45. The number of thiophene rings is 1. The van der Waals surface area contributed by atoms with E-state index in [2.05, 4.69) is 5.32 Å². The number of carboxylic acids is 1. The van der Waals surface area contributed by atoms with Crippen molar-refractivity contribution in [2.45, 2.75) is 13.3 Å². The molecule has 1 aromatic heterocycles. The van der Waals surface area contributed by atoms with Gasteiger partial charge in [0, 0.05) is 11.4 Å². The van der Waals surface area contributed by atoms with E-state index in [4.69, 9.17) is 9.84 Å². The van der Waals surface area contributed by atoms with Gasteiger partial charge in [0.25, 0.3) is 5.91 Å². The molecule has 0 atom stereocenters. The molecule has 0 spiro atoms. The molecule has 22 heavy (non-hydrogen) atoms. The van der Waals surface area contributed by atoms with Crippen LogP contribution in [0.15, 0.2) is 30.3 Å². The fraction of sp³-hybridized carbons (Fsp3) is 0.250. The molecule has 0 saturated carbocycles. The zero-order valence-corrected chi connectivity index (χ0v) is 13.2. The Labute approximate surface area is 132 Å². The minimum absolute atomic E-state index is 0.0979. The molecule has 2 rings (SSSR count). The van der Waals surface area contributed by atoms with Crippen LogP contribution in [0.25, 0.3) is 0 Å². The number of amides is 1. The highest BCUT2D eigenvalue weighted by Crippen LogP contribution is 2.21. The van der Waals surface area contributed by atoms with Gasteiger partial charge in [-0.1, -0.05) is 6.07 Å². The summed E-state index contributed by atoms with van der Waals surface area (Å²) in [5, 5.41) is 11.8. The largest absolute Gasteiger partial charge is 0.496 e. The lowest BCUT2D eigenvalue weighted by atomic mass is 10.1. The Kier molecular flexibility index (Phi) is 5.16. The van der Waals surface area contributed by atoms with E-state index in [1.54, 1.807) is 12.1 Å². The molecule has 1 amide bonds. The van der Waals surface area contributed by atoms with Crippen molar-refractivity contribution in [1.29, 1.82) is 0 Å². The molecule has 5 nitrogen and oxygen atoms in total. The first-order chi connectivity index (χ1) is 10.5. The Hall–Kier alpha value is -2.34. The molecule has 0 aliphatic rings. The van der Waals surface area contributed by atoms with Gasteiger partial charge < -0.3 is 15.2 Å². The standard InChI is InChI=1S/C16H17NO4S/c1-10-3-6-14(22-10)15(18)17-8-7-11-4-5-12(16(19)20)9-13(11)21-2/h3-6,9H,7-8H2,1-2H3,(H,17,18)(H,19,20). The average Bonchev–Trinajstić information content (AvgIpc) is 2.93. The Morgan fingerprint density at radius 1 is 1.27 bits per heavy atom. The minimum atomic E-state index is -0.994. The predicted molar refractivity (Wildman–Crippen MR) is 85.0 cm³/mol. The van der Waals surface area contributed by atoms with Gasteiger partial charge in [-0.05, 0) is 43.2 Å². The van der Waals surface area contributed by atoms with E-state index >= 15 is 0 Å². The zero-order valence-electron chi connectivity index (χ0n) is 12.4. The van der Waals surface area contributed by atoms with Crippen molar-refractivity contribution in [2.75, 3.05) is 13.7 Å². The summed E-state index contributed by atoms with van der Waals surface area (Å²) in [6.07, 6.45) is 0.569. The van der Waals surface area contributed by atoms with Crippen molar-refractivity contribution >= 4 is 23.2 Å². The van der Waals surface area contributed by atoms with E-state index < -0.39 is 5.97 Å². The fourth-order valence-electron chi connectivity index (χ4n) is 2.04. The van der Waals surface area contributed by atoms with Crippen molar-refractivity contribution in [2.24, 2.45) is 0 Å². The SMILES string of the molecule is COc1cc(C(=O)O)ccc1CCNC(=O)c1ccc(C)s1. The number of rotatable bonds is 6. The molecular formula is C16H17NO4S. The monoisotopic (exact) mass is 319 g/mol. The highest BCUT2D eigenvalue weighted by molar-refractivity contribution is 7.13. The van der Waals surface area contributed by atoms with Crippen molar-refractivity contribution < 1.29 is 19.4 Å². The first kappa shape index (κ1) is 16.0. The quantitative estimate of drug-likeness (QED) is 0.858. The van der Waals surface area contributed by atoms with Crippen LogP contribution in [0.1, 0.15) is 30.5 Å². The van der Waals surface area contributed by atoms with E-state index in [0.717, 1.165) is 10.4 Å². The van der Waals surface area contributed by atoms with Crippen LogP contribution in [-0.2, 0) is 6.42 Å². The van der Waals surface area contributed by atoms with Crippen molar-refractivity contribution in [3.8, 4) is 5.75 Å². The van der Waals surface area contributed by atoms with Crippen LogP contribution in [0.2, 0.25) is 0 Å². The summed E-state index contributed by atoms with van der Waals surface area (Å²) < 4.78 is 5.21. The topological polar surface area (TPSA) is 75.6 Å². The number of nitrogens with one attached hydrogen (secondary N) is 1. The maximum absolute atomic E-state index is 11.9. The van der Waals surface area contributed by atoms with Crippen molar-refractivity contribution in [1.82, 2.24) is 5.32 Å². The molecular weight excluding hydrogens is 302 g/mol. The molecule has 0 aliphatic heterocycles. The average molecular weight is 319 g/mol.